The Labute approximate surface area is 63.0 Å². The second-order valence-corrected chi connectivity index (χ2v) is 2.70. The normalized spacial score (nSPS) is 14.1. The molecule has 62 valence electrons. The van der Waals surface area contributed by atoms with Crippen LogP contribution in [0.25, 0.3) is 0 Å². The van der Waals surface area contributed by atoms with Gasteiger partial charge in [-0.25, -0.2) is 0 Å². The average molecular weight is 146 g/mol. The smallest absolute Gasteiger partial charge is 0.0597 e. The third-order valence-electron chi connectivity index (χ3n) is 1.30. The lowest BCUT2D eigenvalue weighted by Gasteiger charge is -2.19. The Kier molecular flexibility index (Phi) is 5.58. The minimum absolute atomic E-state index is 0.214. The van der Waals surface area contributed by atoms with E-state index >= 15 is 0 Å². The Morgan fingerprint density at radius 2 is 2.10 bits per heavy atom. The van der Waals surface area contributed by atoms with E-state index in [9.17, 15) is 0 Å². The van der Waals surface area contributed by atoms with E-state index in [2.05, 4.69) is 10.2 Å². The number of aliphatic hydroxyl groups is 1. The van der Waals surface area contributed by atoms with E-state index in [1.165, 1.54) is 0 Å². The fraction of sp³-hybridized carbons (Fsp3) is 1.00. The Morgan fingerprint density at radius 3 is 2.40 bits per heavy atom. The van der Waals surface area contributed by atoms with Crippen molar-refractivity contribution < 1.29 is 5.11 Å². The van der Waals surface area contributed by atoms with Crippen LogP contribution in [0.15, 0.2) is 0 Å². The number of nitrogens with one attached hydrogen (secondary N) is 1. The number of aliphatic hydroxyl groups excluding tert-OH is 1. The van der Waals surface area contributed by atoms with Gasteiger partial charge in [0.15, 0.2) is 0 Å². The first-order chi connectivity index (χ1) is 4.70. The molecule has 0 rings (SSSR count). The van der Waals surface area contributed by atoms with E-state index < -0.39 is 0 Å². The lowest BCUT2D eigenvalue weighted by molar-refractivity contribution is 0.213. The molecule has 1 unspecified atom stereocenters. The Hall–Kier alpha value is -0.120. The summed E-state index contributed by atoms with van der Waals surface area (Å²) in [5.41, 5.74) is 0. The molecule has 3 nitrogen and oxygen atoms in total. The summed E-state index contributed by atoms with van der Waals surface area (Å²) in [6.07, 6.45) is 0. The van der Waals surface area contributed by atoms with Crippen LogP contribution in [-0.4, -0.2) is 49.8 Å². The molecule has 0 aliphatic heterocycles. The summed E-state index contributed by atoms with van der Waals surface area (Å²) >= 11 is 0. The van der Waals surface area contributed by atoms with E-state index in [0.717, 1.165) is 13.1 Å². The van der Waals surface area contributed by atoms with Crippen LogP contribution in [0, 0.1) is 0 Å². The quantitative estimate of drug-likeness (QED) is 0.550. The first-order valence-corrected chi connectivity index (χ1v) is 3.69. The fourth-order valence-corrected chi connectivity index (χ4v) is 0.916. The highest BCUT2D eigenvalue weighted by Crippen LogP contribution is 1.83. The lowest BCUT2D eigenvalue weighted by atomic mass is 10.3. The van der Waals surface area contributed by atoms with Gasteiger partial charge in [-0.05, 0) is 20.6 Å². The van der Waals surface area contributed by atoms with Crippen molar-refractivity contribution in [2.45, 2.75) is 13.0 Å². The van der Waals surface area contributed by atoms with Crippen LogP contribution in [0.4, 0.5) is 0 Å². The van der Waals surface area contributed by atoms with Crippen LogP contribution >= 0.6 is 0 Å². The van der Waals surface area contributed by atoms with Crippen molar-refractivity contribution in [3.63, 3.8) is 0 Å². The minimum atomic E-state index is 0.214. The lowest BCUT2D eigenvalue weighted by Crippen LogP contribution is -2.40. The molecule has 0 aromatic rings. The van der Waals surface area contributed by atoms with Gasteiger partial charge in [-0.1, -0.05) is 6.92 Å². The van der Waals surface area contributed by atoms with Crippen molar-refractivity contribution in [2.75, 3.05) is 33.8 Å². The highest BCUT2D eigenvalue weighted by molar-refractivity contribution is 4.66. The third kappa shape index (κ3) is 4.73. The highest BCUT2D eigenvalue weighted by Gasteiger charge is 2.04. The maximum absolute atomic E-state index is 8.82. The highest BCUT2D eigenvalue weighted by atomic mass is 16.3. The van der Waals surface area contributed by atoms with Gasteiger partial charge in [0.05, 0.1) is 6.61 Å². The van der Waals surface area contributed by atoms with E-state index in [1.54, 1.807) is 0 Å². The van der Waals surface area contributed by atoms with Gasteiger partial charge >= 0.3 is 0 Å². The molecule has 0 spiro atoms. The molecule has 10 heavy (non-hydrogen) atoms. The second kappa shape index (κ2) is 5.65. The van der Waals surface area contributed by atoms with Gasteiger partial charge in [0, 0.05) is 12.6 Å². The van der Waals surface area contributed by atoms with Crippen molar-refractivity contribution in [1.82, 2.24) is 10.2 Å². The molecule has 0 bridgehead atoms. The Bertz CT molecular complexity index is 76.0. The van der Waals surface area contributed by atoms with Crippen LogP contribution in [-0.2, 0) is 0 Å². The van der Waals surface area contributed by atoms with Crippen molar-refractivity contribution in [3.8, 4) is 0 Å². The molecule has 0 saturated carbocycles. The molecule has 0 aromatic carbocycles. The molecule has 0 radical (unpaired) electrons. The van der Waals surface area contributed by atoms with Gasteiger partial charge < -0.3 is 15.3 Å². The first-order valence-electron chi connectivity index (χ1n) is 3.69. The van der Waals surface area contributed by atoms with Crippen molar-refractivity contribution in [2.24, 2.45) is 0 Å². The van der Waals surface area contributed by atoms with Crippen molar-refractivity contribution in [1.29, 1.82) is 0 Å². The molecular formula is C7H18N2O. The topological polar surface area (TPSA) is 35.5 Å². The van der Waals surface area contributed by atoms with Crippen molar-refractivity contribution in [3.05, 3.63) is 0 Å². The summed E-state index contributed by atoms with van der Waals surface area (Å²) in [4.78, 5) is 2.06. The summed E-state index contributed by atoms with van der Waals surface area (Å²) in [5.74, 6) is 0. The van der Waals surface area contributed by atoms with Crippen LogP contribution in [0.5, 0.6) is 0 Å². The SMILES string of the molecule is CCNC(CO)CN(C)C. The average Bonchev–Trinajstić information content (AvgIpc) is 1.86. The third-order valence-corrected chi connectivity index (χ3v) is 1.30. The van der Waals surface area contributed by atoms with Gasteiger partial charge in [0.25, 0.3) is 0 Å². The number of nitrogens with zero attached hydrogens (tertiary/aromatic N) is 1. The zero-order chi connectivity index (χ0) is 7.98. The van der Waals surface area contributed by atoms with Crippen LogP contribution in [0.3, 0.4) is 0 Å². The van der Waals surface area contributed by atoms with E-state index in [1.807, 2.05) is 21.0 Å². The number of rotatable bonds is 5. The predicted molar refractivity (Wildman–Crippen MR) is 43.1 cm³/mol. The summed E-state index contributed by atoms with van der Waals surface area (Å²) in [6, 6.07) is 0.222. The fourth-order valence-electron chi connectivity index (χ4n) is 0.916. The molecule has 0 aliphatic carbocycles. The van der Waals surface area contributed by atoms with E-state index in [4.69, 9.17) is 5.11 Å². The zero-order valence-electron chi connectivity index (χ0n) is 7.09. The van der Waals surface area contributed by atoms with E-state index in [-0.39, 0.29) is 12.6 Å². The molecule has 0 amide bonds. The van der Waals surface area contributed by atoms with Crippen LogP contribution in [0.2, 0.25) is 0 Å². The predicted octanol–water partition coefficient (Wildman–Crippen LogP) is -0.482. The van der Waals surface area contributed by atoms with Crippen LogP contribution < -0.4 is 5.32 Å². The monoisotopic (exact) mass is 146 g/mol. The standard InChI is InChI=1S/C7H18N2O/c1-4-8-7(6-10)5-9(2)3/h7-8,10H,4-6H2,1-3H3. The molecule has 2 N–H and O–H groups in total. The molecule has 1 atom stereocenters. The van der Waals surface area contributed by atoms with Crippen LogP contribution in [0.1, 0.15) is 6.92 Å². The van der Waals surface area contributed by atoms with Gasteiger partial charge in [-0.3, -0.25) is 0 Å². The van der Waals surface area contributed by atoms with Gasteiger partial charge in [-0.15, -0.1) is 0 Å². The summed E-state index contributed by atoms with van der Waals surface area (Å²) in [5, 5.41) is 12.0. The van der Waals surface area contributed by atoms with Gasteiger partial charge in [0.1, 0.15) is 0 Å². The van der Waals surface area contributed by atoms with Gasteiger partial charge in [-0.2, -0.15) is 0 Å². The molecular weight excluding hydrogens is 128 g/mol. The minimum Gasteiger partial charge on any atom is -0.395 e. The second-order valence-electron chi connectivity index (χ2n) is 2.70. The first kappa shape index (κ1) is 9.88. The molecule has 3 heteroatoms. The molecule has 0 heterocycles. The molecule has 0 saturated heterocycles. The zero-order valence-corrected chi connectivity index (χ0v) is 7.09. The number of hydrogen-bond donors (Lipinski definition) is 2. The number of hydrogen-bond acceptors (Lipinski definition) is 3. The van der Waals surface area contributed by atoms with Crippen molar-refractivity contribution >= 4 is 0 Å². The largest absolute Gasteiger partial charge is 0.395 e. The van der Waals surface area contributed by atoms with E-state index in [0.29, 0.717) is 0 Å². The maximum Gasteiger partial charge on any atom is 0.0597 e. The molecule has 0 aromatic heterocycles. The molecule has 0 fully saturated rings. The maximum atomic E-state index is 8.82. The summed E-state index contributed by atoms with van der Waals surface area (Å²) in [7, 11) is 4.00. The molecule has 0 aliphatic rings. The summed E-state index contributed by atoms with van der Waals surface area (Å²) in [6.45, 7) is 4.06. The Balaban J connectivity index is 3.39. The Morgan fingerprint density at radius 1 is 1.50 bits per heavy atom. The summed E-state index contributed by atoms with van der Waals surface area (Å²) < 4.78 is 0. The van der Waals surface area contributed by atoms with Gasteiger partial charge in [0.2, 0.25) is 0 Å². The number of likely N-dealkylation sites (N-methyl/N-ethyl adjacent to an activating group) is 2.